The quantitative estimate of drug-likeness (QED) is 0.0739. The number of phenols is 2. The topological polar surface area (TPSA) is 229 Å². The number of nitrogens with zero attached hydrogens (tertiary/aromatic N) is 2. The van der Waals surface area contributed by atoms with Crippen molar-refractivity contribution in [1.29, 1.82) is 0 Å². The molecule has 1 fully saturated rings. The summed E-state index contributed by atoms with van der Waals surface area (Å²) in [6.07, 6.45) is -3.43. The average molecular weight is 510 g/mol. The Kier molecular flexibility index (Phi) is 7.93. The lowest BCUT2D eigenvalue weighted by atomic mass is 9.72. The van der Waals surface area contributed by atoms with Crippen LogP contribution in [0.1, 0.15) is 29.8 Å². The number of carboxylic acid groups (broad SMARTS) is 1. The number of fused-ring (bicyclic) bond motifs is 1. The van der Waals surface area contributed by atoms with Crippen molar-refractivity contribution >= 4 is 30.8 Å². The van der Waals surface area contributed by atoms with E-state index in [0.717, 1.165) is 11.0 Å². The number of rotatable bonds is 8. The van der Waals surface area contributed by atoms with Gasteiger partial charge in [-0.2, -0.15) is 0 Å². The van der Waals surface area contributed by atoms with Crippen LogP contribution in [0.15, 0.2) is 6.07 Å². The largest absolute Gasteiger partial charge is 0.547 e. The number of likely N-dealkylation sites (N-methyl/N-ethyl adjacent to an activating group) is 1. The average Bonchev–Trinajstić information content (AvgIpc) is 2.80. The number of piperazine rings is 1. The number of benzene rings is 1. The third kappa shape index (κ3) is 5.16. The fourth-order valence-electron chi connectivity index (χ4n) is 4.02. The summed E-state index contributed by atoms with van der Waals surface area (Å²) in [7, 11) is -1.77. The lowest BCUT2D eigenvalue weighted by Gasteiger charge is -2.37. The Morgan fingerprint density at radius 2 is 1.89 bits per heavy atom. The monoisotopic (exact) mass is 510 g/mol. The van der Waals surface area contributed by atoms with Crippen LogP contribution in [0.5, 0.6) is 17.2 Å². The van der Waals surface area contributed by atoms with E-state index in [4.69, 9.17) is 4.65 Å². The number of aromatic carboxylic acids is 1. The van der Waals surface area contributed by atoms with Crippen LogP contribution in [0.4, 0.5) is 0 Å². The summed E-state index contributed by atoms with van der Waals surface area (Å²) in [6, 6.07) is -0.488. The van der Waals surface area contributed by atoms with Gasteiger partial charge in [0.1, 0.15) is 17.4 Å². The molecule has 0 aliphatic carbocycles. The Balaban J connectivity index is 1.73. The molecule has 196 valence electrons. The van der Waals surface area contributed by atoms with E-state index in [2.05, 4.69) is 10.6 Å². The molecule has 1 saturated heterocycles. The molecule has 16 heteroatoms. The zero-order chi connectivity index (χ0) is 26.9. The van der Waals surface area contributed by atoms with Gasteiger partial charge in [0.05, 0.1) is 12.0 Å². The number of carbonyl (C=O) groups excluding carboxylic acids is 3. The summed E-state index contributed by atoms with van der Waals surface area (Å²) >= 11 is 0. The molecule has 1 aromatic carbocycles. The fraction of sp³-hybridized carbons (Fsp3) is 0.500. The standard InChI is InChI=1S/C20H27BN4O11/c1-3-24-4-5-25(18(31)17(24)30)20(34)23-13(8(2)26)16(29)22-11-7-9-6-10(27)14(28)12(19(32)33)15(9)36-21(11)35/h6,8,11,13,20,23,26-28,34-35H,3-5,7H2,1-2H3,(H,22,29)(H,32,33)/t8-,11-,13+,20?/m0/s1. The summed E-state index contributed by atoms with van der Waals surface area (Å²) in [5.74, 6) is -7.61. The maximum absolute atomic E-state index is 12.9. The second-order valence-electron chi connectivity index (χ2n) is 8.38. The number of carbonyl (C=O) groups is 4. The predicted octanol–water partition coefficient (Wildman–Crippen LogP) is -3.46. The van der Waals surface area contributed by atoms with Crippen molar-refractivity contribution < 1.29 is 54.4 Å². The van der Waals surface area contributed by atoms with Crippen molar-refractivity contribution in [3.05, 3.63) is 17.2 Å². The van der Waals surface area contributed by atoms with E-state index < -0.39 is 72.3 Å². The molecule has 3 rings (SSSR count). The van der Waals surface area contributed by atoms with E-state index in [-0.39, 0.29) is 30.8 Å². The number of aromatic hydroxyl groups is 2. The van der Waals surface area contributed by atoms with Crippen LogP contribution in [0.2, 0.25) is 0 Å². The number of aliphatic hydroxyl groups is 2. The first-order chi connectivity index (χ1) is 16.9. The second-order valence-corrected chi connectivity index (χ2v) is 8.38. The molecule has 2 aliphatic rings. The van der Waals surface area contributed by atoms with Crippen molar-refractivity contribution in [2.75, 3.05) is 19.6 Å². The minimum Gasteiger partial charge on any atom is -0.534 e. The molecule has 0 aromatic heterocycles. The number of hydrogen-bond donors (Lipinski definition) is 8. The van der Waals surface area contributed by atoms with E-state index in [1.54, 1.807) is 6.92 Å². The third-order valence-electron chi connectivity index (χ3n) is 5.99. The molecule has 1 unspecified atom stereocenters. The number of hydrogen-bond acceptors (Lipinski definition) is 11. The van der Waals surface area contributed by atoms with Gasteiger partial charge < -0.3 is 45.4 Å². The summed E-state index contributed by atoms with van der Waals surface area (Å²) in [5, 5.41) is 64.7. The summed E-state index contributed by atoms with van der Waals surface area (Å²) in [6.45, 7) is 3.37. The number of amides is 3. The molecule has 0 spiro atoms. The first-order valence-electron chi connectivity index (χ1n) is 11.1. The van der Waals surface area contributed by atoms with Gasteiger partial charge in [0.25, 0.3) is 0 Å². The number of aliphatic hydroxyl groups excluding tert-OH is 2. The molecule has 2 heterocycles. The maximum Gasteiger partial charge on any atom is 0.547 e. The molecule has 36 heavy (non-hydrogen) atoms. The zero-order valence-electron chi connectivity index (χ0n) is 19.4. The van der Waals surface area contributed by atoms with E-state index in [1.807, 2.05) is 0 Å². The normalized spacial score (nSPS) is 20.4. The van der Waals surface area contributed by atoms with Crippen LogP contribution in [0, 0.1) is 0 Å². The van der Waals surface area contributed by atoms with Crippen LogP contribution in [-0.2, 0) is 20.8 Å². The highest BCUT2D eigenvalue weighted by Crippen LogP contribution is 2.41. The molecule has 3 amide bonds. The van der Waals surface area contributed by atoms with E-state index in [9.17, 15) is 49.7 Å². The van der Waals surface area contributed by atoms with Gasteiger partial charge in [-0.1, -0.05) is 0 Å². The Morgan fingerprint density at radius 1 is 1.22 bits per heavy atom. The summed E-state index contributed by atoms with van der Waals surface area (Å²) in [4.78, 5) is 50.9. The van der Waals surface area contributed by atoms with Gasteiger partial charge in [-0.15, -0.1) is 0 Å². The zero-order valence-corrected chi connectivity index (χ0v) is 19.4. The molecule has 4 atom stereocenters. The first-order valence-corrected chi connectivity index (χ1v) is 11.1. The summed E-state index contributed by atoms with van der Waals surface area (Å²) in [5.41, 5.74) is -0.694. The molecule has 0 radical (unpaired) electrons. The van der Waals surface area contributed by atoms with Gasteiger partial charge in [0.15, 0.2) is 17.9 Å². The van der Waals surface area contributed by atoms with E-state index in [1.165, 1.54) is 11.8 Å². The lowest BCUT2D eigenvalue weighted by molar-refractivity contribution is -0.166. The van der Waals surface area contributed by atoms with Crippen LogP contribution in [0.25, 0.3) is 0 Å². The van der Waals surface area contributed by atoms with Crippen molar-refractivity contribution in [2.24, 2.45) is 0 Å². The van der Waals surface area contributed by atoms with Gasteiger partial charge >= 0.3 is 24.9 Å². The third-order valence-corrected chi connectivity index (χ3v) is 5.99. The maximum atomic E-state index is 12.9. The predicted molar refractivity (Wildman–Crippen MR) is 120 cm³/mol. The van der Waals surface area contributed by atoms with Crippen LogP contribution in [-0.4, -0.2) is 115 Å². The lowest BCUT2D eigenvalue weighted by Crippen LogP contribution is -2.65. The SMILES string of the molecule is CCN1CCN(C(O)N[C@@H](C(=O)N[C@H]2Cc3cc(O)c(O)c(C(=O)O)c3OB2O)[C@H](C)O)C(=O)C1=O. The minimum atomic E-state index is -1.79. The summed E-state index contributed by atoms with van der Waals surface area (Å²) < 4.78 is 5.20. The highest BCUT2D eigenvalue weighted by molar-refractivity contribution is 6.47. The van der Waals surface area contributed by atoms with Gasteiger partial charge in [-0.25, -0.2) is 4.79 Å². The van der Waals surface area contributed by atoms with Crippen LogP contribution >= 0.6 is 0 Å². The van der Waals surface area contributed by atoms with E-state index >= 15 is 0 Å². The smallest absolute Gasteiger partial charge is 0.534 e. The van der Waals surface area contributed by atoms with Crippen molar-refractivity contribution in [3.63, 3.8) is 0 Å². The molecule has 0 saturated carbocycles. The molecule has 2 aliphatic heterocycles. The van der Waals surface area contributed by atoms with Gasteiger partial charge in [0.2, 0.25) is 5.91 Å². The van der Waals surface area contributed by atoms with Crippen molar-refractivity contribution in [1.82, 2.24) is 20.4 Å². The molecular formula is C20H27BN4O11. The molecule has 8 N–H and O–H groups in total. The van der Waals surface area contributed by atoms with Crippen molar-refractivity contribution in [3.8, 4) is 17.2 Å². The van der Waals surface area contributed by atoms with Gasteiger partial charge in [0, 0.05) is 19.6 Å². The molecular weight excluding hydrogens is 483 g/mol. The molecule has 1 aromatic rings. The molecule has 0 bridgehead atoms. The highest BCUT2D eigenvalue weighted by Gasteiger charge is 2.42. The van der Waals surface area contributed by atoms with Crippen LogP contribution in [0.3, 0.4) is 0 Å². The Morgan fingerprint density at radius 3 is 2.47 bits per heavy atom. The highest BCUT2D eigenvalue weighted by atomic mass is 16.5. The molecule has 15 nitrogen and oxygen atoms in total. The fourth-order valence-corrected chi connectivity index (χ4v) is 4.02. The Hall–Kier alpha value is -3.60. The van der Waals surface area contributed by atoms with Crippen LogP contribution < -0.4 is 15.3 Å². The van der Waals surface area contributed by atoms with Gasteiger partial charge in [-0.3, -0.25) is 24.6 Å². The van der Waals surface area contributed by atoms with Gasteiger partial charge in [-0.05, 0) is 31.9 Å². The number of nitrogens with one attached hydrogen (secondary N) is 2. The van der Waals surface area contributed by atoms with Crippen molar-refractivity contribution in [2.45, 2.75) is 44.7 Å². The Labute approximate surface area is 205 Å². The minimum absolute atomic E-state index is 0.0189. The Bertz CT molecular complexity index is 1070. The van der Waals surface area contributed by atoms with E-state index in [0.29, 0.717) is 6.54 Å². The number of phenolic OH excluding ortho intramolecular Hbond substituents is 1. The second kappa shape index (κ2) is 10.6. The number of carboxylic acids is 1. The first kappa shape index (κ1) is 27.0.